The fourth-order valence-corrected chi connectivity index (χ4v) is 2.68. The standard InChI is InChI=1S/C11H13BrO/c12-9-5-1-3-8-4-2-6-11(13)10(8)7-9/h2,4,9H,1,3,5-7H2. The van der Waals surface area contributed by atoms with E-state index >= 15 is 0 Å². The number of hydrogen-bond donors (Lipinski definition) is 0. The van der Waals surface area contributed by atoms with Gasteiger partial charge in [0.25, 0.3) is 0 Å². The Labute approximate surface area is 87.0 Å². The zero-order valence-corrected chi connectivity index (χ0v) is 9.14. The fraction of sp³-hybridized carbons (Fsp3) is 0.545. The zero-order valence-electron chi connectivity index (χ0n) is 7.55. The quantitative estimate of drug-likeness (QED) is 0.595. The Morgan fingerprint density at radius 2 is 2.31 bits per heavy atom. The van der Waals surface area contributed by atoms with E-state index in [1.165, 1.54) is 18.4 Å². The Bertz CT molecular complexity index is 288. The Balaban J connectivity index is 2.29. The molecular formula is C11H13BrO. The van der Waals surface area contributed by atoms with E-state index in [2.05, 4.69) is 22.0 Å². The molecule has 2 aliphatic carbocycles. The van der Waals surface area contributed by atoms with Gasteiger partial charge in [-0.25, -0.2) is 0 Å². The van der Waals surface area contributed by atoms with Gasteiger partial charge in [-0.1, -0.05) is 28.1 Å². The minimum Gasteiger partial charge on any atom is -0.294 e. The number of alkyl halides is 1. The summed E-state index contributed by atoms with van der Waals surface area (Å²) in [5.41, 5.74) is 2.38. The SMILES string of the molecule is O=C1CC=CC2=C1CC(Br)CCC2. The Hall–Kier alpha value is -0.370. The molecule has 0 aromatic carbocycles. The number of halogens is 1. The predicted molar refractivity (Wildman–Crippen MR) is 57.0 cm³/mol. The lowest BCUT2D eigenvalue weighted by Gasteiger charge is -2.12. The third-order valence-electron chi connectivity index (χ3n) is 2.74. The molecule has 0 N–H and O–H groups in total. The van der Waals surface area contributed by atoms with E-state index in [-0.39, 0.29) is 0 Å². The molecule has 0 aliphatic heterocycles. The summed E-state index contributed by atoms with van der Waals surface area (Å²) in [5, 5.41) is 0. The van der Waals surface area contributed by atoms with Crippen LogP contribution < -0.4 is 0 Å². The lowest BCUT2D eigenvalue weighted by molar-refractivity contribution is -0.115. The molecule has 1 unspecified atom stereocenters. The Kier molecular flexibility index (Phi) is 2.68. The molecule has 0 saturated heterocycles. The highest BCUT2D eigenvalue weighted by atomic mass is 79.9. The van der Waals surface area contributed by atoms with Crippen LogP contribution in [0, 0.1) is 0 Å². The van der Waals surface area contributed by atoms with Crippen molar-refractivity contribution < 1.29 is 4.79 Å². The Morgan fingerprint density at radius 1 is 1.46 bits per heavy atom. The first-order valence-corrected chi connectivity index (χ1v) is 5.75. The van der Waals surface area contributed by atoms with Gasteiger partial charge in [0.1, 0.15) is 0 Å². The van der Waals surface area contributed by atoms with E-state index in [0.717, 1.165) is 18.4 Å². The van der Waals surface area contributed by atoms with Crippen LogP contribution in [-0.4, -0.2) is 10.6 Å². The minimum atomic E-state index is 0.337. The van der Waals surface area contributed by atoms with E-state index in [0.29, 0.717) is 17.0 Å². The van der Waals surface area contributed by atoms with Crippen molar-refractivity contribution in [3.8, 4) is 0 Å². The van der Waals surface area contributed by atoms with E-state index < -0.39 is 0 Å². The first kappa shape index (κ1) is 9.20. The van der Waals surface area contributed by atoms with Crippen molar-refractivity contribution in [2.24, 2.45) is 0 Å². The minimum absolute atomic E-state index is 0.337. The van der Waals surface area contributed by atoms with E-state index in [9.17, 15) is 4.79 Å². The third-order valence-corrected chi connectivity index (χ3v) is 3.52. The van der Waals surface area contributed by atoms with Crippen LogP contribution in [0.2, 0.25) is 0 Å². The Morgan fingerprint density at radius 3 is 3.15 bits per heavy atom. The van der Waals surface area contributed by atoms with Crippen LogP contribution in [0.5, 0.6) is 0 Å². The maximum absolute atomic E-state index is 11.6. The normalized spacial score (nSPS) is 28.7. The second-order valence-electron chi connectivity index (χ2n) is 3.73. The summed E-state index contributed by atoms with van der Waals surface area (Å²) in [5.74, 6) is 0.337. The van der Waals surface area contributed by atoms with E-state index in [1.807, 2.05) is 6.08 Å². The van der Waals surface area contributed by atoms with E-state index in [1.54, 1.807) is 0 Å². The van der Waals surface area contributed by atoms with Crippen molar-refractivity contribution in [3.63, 3.8) is 0 Å². The van der Waals surface area contributed by atoms with Crippen LogP contribution in [0.1, 0.15) is 32.1 Å². The van der Waals surface area contributed by atoms with Crippen molar-refractivity contribution in [2.45, 2.75) is 36.9 Å². The topological polar surface area (TPSA) is 17.1 Å². The van der Waals surface area contributed by atoms with Gasteiger partial charge in [0.15, 0.2) is 5.78 Å². The summed E-state index contributed by atoms with van der Waals surface area (Å²) in [6.07, 6.45) is 9.15. The van der Waals surface area contributed by atoms with Gasteiger partial charge in [-0.2, -0.15) is 0 Å². The number of Topliss-reactive ketones (excluding diaryl/α,β-unsaturated/α-hetero) is 1. The monoisotopic (exact) mass is 240 g/mol. The summed E-state index contributed by atoms with van der Waals surface area (Å²) in [4.78, 5) is 12.1. The van der Waals surface area contributed by atoms with E-state index in [4.69, 9.17) is 0 Å². The predicted octanol–water partition coefficient (Wildman–Crippen LogP) is 3.15. The number of hydrogen-bond acceptors (Lipinski definition) is 1. The highest BCUT2D eigenvalue weighted by Gasteiger charge is 2.22. The highest BCUT2D eigenvalue weighted by Crippen LogP contribution is 2.31. The summed E-state index contributed by atoms with van der Waals surface area (Å²) in [6, 6.07) is 0. The van der Waals surface area contributed by atoms with Crippen molar-refractivity contribution in [1.29, 1.82) is 0 Å². The molecule has 0 aromatic heterocycles. The summed E-state index contributed by atoms with van der Waals surface area (Å²) >= 11 is 3.62. The van der Waals surface area contributed by atoms with Gasteiger partial charge < -0.3 is 0 Å². The third kappa shape index (κ3) is 1.93. The second kappa shape index (κ2) is 3.79. The largest absolute Gasteiger partial charge is 0.294 e. The maximum Gasteiger partial charge on any atom is 0.162 e. The van der Waals surface area contributed by atoms with Crippen molar-refractivity contribution >= 4 is 21.7 Å². The molecule has 1 nitrogen and oxygen atoms in total. The summed E-state index contributed by atoms with van der Waals surface area (Å²) < 4.78 is 0. The van der Waals surface area contributed by atoms with Crippen LogP contribution in [0.15, 0.2) is 23.3 Å². The average Bonchev–Trinajstić information content (AvgIpc) is 2.28. The van der Waals surface area contributed by atoms with Gasteiger partial charge in [-0.3, -0.25) is 4.79 Å². The van der Waals surface area contributed by atoms with Gasteiger partial charge in [-0.05, 0) is 36.8 Å². The fourth-order valence-electron chi connectivity index (χ4n) is 2.03. The lowest BCUT2D eigenvalue weighted by Crippen LogP contribution is -2.10. The van der Waals surface area contributed by atoms with Gasteiger partial charge >= 0.3 is 0 Å². The molecule has 2 rings (SSSR count). The molecule has 2 heteroatoms. The number of rotatable bonds is 0. The van der Waals surface area contributed by atoms with Crippen molar-refractivity contribution in [2.75, 3.05) is 0 Å². The molecule has 13 heavy (non-hydrogen) atoms. The first-order valence-electron chi connectivity index (χ1n) is 4.83. The molecule has 0 aromatic rings. The maximum atomic E-state index is 11.6. The van der Waals surface area contributed by atoms with Crippen LogP contribution in [-0.2, 0) is 4.79 Å². The van der Waals surface area contributed by atoms with Gasteiger partial charge in [0.2, 0.25) is 0 Å². The lowest BCUT2D eigenvalue weighted by atomic mass is 9.93. The molecule has 0 saturated carbocycles. The van der Waals surface area contributed by atoms with Crippen LogP contribution in [0.25, 0.3) is 0 Å². The number of allylic oxidation sites excluding steroid dienone is 4. The molecule has 0 bridgehead atoms. The second-order valence-corrected chi connectivity index (χ2v) is 5.02. The molecule has 0 radical (unpaired) electrons. The summed E-state index contributed by atoms with van der Waals surface area (Å²) in [7, 11) is 0. The van der Waals surface area contributed by atoms with Crippen molar-refractivity contribution in [1.82, 2.24) is 0 Å². The molecular weight excluding hydrogens is 228 g/mol. The molecule has 70 valence electrons. The van der Waals surface area contributed by atoms with Crippen molar-refractivity contribution in [3.05, 3.63) is 23.3 Å². The highest BCUT2D eigenvalue weighted by molar-refractivity contribution is 9.09. The molecule has 0 spiro atoms. The zero-order chi connectivity index (χ0) is 9.26. The molecule has 1 atom stereocenters. The van der Waals surface area contributed by atoms with Gasteiger partial charge in [0, 0.05) is 11.2 Å². The smallest absolute Gasteiger partial charge is 0.162 e. The molecule has 0 fully saturated rings. The van der Waals surface area contributed by atoms with Gasteiger partial charge in [0.05, 0.1) is 0 Å². The number of carbonyl (C=O) groups excluding carboxylic acids is 1. The number of carbonyl (C=O) groups is 1. The van der Waals surface area contributed by atoms with Crippen LogP contribution >= 0.6 is 15.9 Å². The number of ketones is 1. The van der Waals surface area contributed by atoms with Crippen LogP contribution in [0.4, 0.5) is 0 Å². The molecule has 2 aliphatic rings. The molecule has 0 amide bonds. The molecule has 0 heterocycles. The van der Waals surface area contributed by atoms with Gasteiger partial charge in [-0.15, -0.1) is 0 Å². The average molecular weight is 241 g/mol. The van der Waals surface area contributed by atoms with Crippen LogP contribution in [0.3, 0.4) is 0 Å². The summed E-state index contributed by atoms with van der Waals surface area (Å²) in [6.45, 7) is 0. The first-order chi connectivity index (χ1) is 6.27.